The molecule has 7 nitrogen and oxygen atoms in total. The molecule has 3 saturated carbocycles. The highest BCUT2D eigenvalue weighted by Gasteiger charge is 2.67. The van der Waals surface area contributed by atoms with Crippen LogP contribution >= 0.6 is 0 Å². The molecule has 1 aliphatic heterocycles. The van der Waals surface area contributed by atoms with Gasteiger partial charge < -0.3 is 24.8 Å². The molecule has 0 radical (unpaired) electrons. The number of aliphatic hydroxyl groups excluding tert-OH is 2. The van der Waals surface area contributed by atoms with Gasteiger partial charge in [0.1, 0.15) is 17.8 Å². The number of fused-ring (bicyclic) bond motifs is 5. The second-order valence-corrected chi connectivity index (χ2v) is 13.3. The third-order valence-electron chi connectivity index (χ3n) is 11.6. The standard InChI is InChI=1S/C30H44O7/c1-15-11-26(37-27(34)16(15)2)30(6,35)23-10-9-21-20-8-7-18-12-19(36-17(3)31)13-24(32)28(18,4)22(20)14-25(33)29(21,23)5/h7,19-26,32-33,35H,8-14H2,1-6H3. The van der Waals surface area contributed by atoms with Crippen molar-refractivity contribution in [3.8, 4) is 0 Å². The number of carbonyl (C=O) groups excluding carboxylic acids is 2. The number of carbonyl (C=O) groups is 2. The minimum Gasteiger partial charge on any atom is -0.462 e. The largest absolute Gasteiger partial charge is 0.462 e. The monoisotopic (exact) mass is 516 g/mol. The summed E-state index contributed by atoms with van der Waals surface area (Å²) >= 11 is 0. The van der Waals surface area contributed by atoms with Crippen LogP contribution in [0.2, 0.25) is 0 Å². The van der Waals surface area contributed by atoms with Crippen LogP contribution in [0, 0.1) is 34.5 Å². The van der Waals surface area contributed by atoms with Gasteiger partial charge in [-0.05, 0) is 70.1 Å². The van der Waals surface area contributed by atoms with Gasteiger partial charge in [-0.25, -0.2) is 4.79 Å². The first-order valence-electron chi connectivity index (χ1n) is 14.0. The molecule has 0 aromatic carbocycles. The van der Waals surface area contributed by atoms with Crippen LogP contribution in [0.1, 0.15) is 86.5 Å². The minimum atomic E-state index is -1.27. The van der Waals surface area contributed by atoms with E-state index in [9.17, 15) is 24.9 Å². The van der Waals surface area contributed by atoms with E-state index in [1.807, 2.05) is 6.92 Å². The lowest BCUT2D eigenvalue weighted by molar-refractivity contribution is -0.204. The summed E-state index contributed by atoms with van der Waals surface area (Å²) < 4.78 is 11.2. The molecule has 37 heavy (non-hydrogen) atoms. The predicted octanol–water partition coefficient (Wildman–Crippen LogP) is 3.84. The van der Waals surface area contributed by atoms with Crippen molar-refractivity contribution in [2.75, 3.05) is 0 Å². The van der Waals surface area contributed by atoms with Crippen molar-refractivity contribution in [1.29, 1.82) is 0 Å². The van der Waals surface area contributed by atoms with Crippen LogP contribution in [-0.4, -0.2) is 57.3 Å². The van der Waals surface area contributed by atoms with Gasteiger partial charge >= 0.3 is 11.9 Å². The van der Waals surface area contributed by atoms with Gasteiger partial charge in [0, 0.05) is 42.6 Å². The summed E-state index contributed by atoms with van der Waals surface area (Å²) in [5.74, 6) is -0.337. The molecule has 0 spiro atoms. The second kappa shape index (κ2) is 8.92. The summed E-state index contributed by atoms with van der Waals surface area (Å²) in [6.07, 6.45) is 4.60. The third kappa shape index (κ3) is 3.86. The number of cyclic esters (lactones) is 1. The van der Waals surface area contributed by atoms with E-state index in [1.165, 1.54) is 6.92 Å². The lowest BCUT2D eigenvalue weighted by Crippen LogP contribution is -2.62. The lowest BCUT2D eigenvalue weighted by Gasteiger charge is -2.61. The van der Waals surface area contributed by atoms with Crippen molar-refractivity contribution in [3.05, 3.63) is 22.8 Å². The third-order valence-corrected chi connectivity index (χ3v) is 11.6. The van der Waals surface area contributed by atoms with E-state index in [0.29, 0.717) is 31.3 Å². The molecule has 4 aliphatic carbocycles. The van der Waals surface area contributed by atoms with Crippen molar-refractivity contribution in [3.63, 3.8) is 0 Å². The van der Waals surface area contributed by atoms with Gasteiger partial charge in [0.25, 0.3) is 0 Å². The maximum atomic E-state index is 12.5. The van der Waals surface area contributed by atoms with Crippen LogP contribution in [0.5, 0.6) is 0 Å². The van der Waals surface area contributed by atoms with Gasteiger partial charge in [-0.3, -0.25) is 4.79 Å². The molecule has 11 unspecified atom stereocenters. The Bertz CT molecular complexity index is 1040. The maximum absolute atomic E-state index is 12.5. The second-order valence-electron chi connectivity index (χ2n) is 13.3. The molecule has 5 rings (SSSR count). The summed E-state index contributed by atoms with van der Waals surface area (Å²) in [5, 5.41) is 35.2. The van der Waals surface area contributed by atoms with Crippen LogP contribution < -0.4 is 0 Å². The molecule has 0 aromatic heterocycles. The SMILES string of the molecule is CC(=O)OC1CC2=CCC3C(CC(O)C4(C)C3CCC4C(C)(O)C3CC(C)=C(C)C(=O)O3)C2(C)C(O)C1. The quantitative estimate of drug-likeness (QED) is 0.386. The molecule has 7 heteroatoms. The van der Waals surface area contributed by atoms with E-state index in [4.69, 9.17) is 9.47 Å². The summed E-state index contributed by atoms with van der Waals surface area (Å²) in [6.45, 7) is 11.1. The van der Waals surface area contributed by atoms with Gasteiger partial charge in [-0.15, -0.1) is 0 Å². The Kier molecular flexibility index (Phi) is 6.48. The van der Waals surface area contributed by atoms with Gasteiger partial charge in [0.2, 0.25) is 0 Å². The molecule has 11 atom stereocenters. The predicted molar refractivity (Wildman–Crippen MR) is 137 cm³/mol. The van der Waals surface area contributed by atoms with E-state index in [0.717, 1.165) is 30.4 Å². The van der Waals surface area contributed by atoms with Crippen molar-refractivity contribution in [2.24, 2.45) is 34.5 Å². The van der Waals surface area contributed by atoms with Crippen LogP contribution in [-0.2, 0) is 19.1 Å². The van der Waals surface area contributed by atoms with Crippen LogP contribution in [0.15, 0.2) is 22.8 Å². The number of rotatable bonds is 3. The number of hydrogen-bond donors (Lipinski definition) is 3. The van der Waals surface area contributed by atoms with E-state index >= 15 is 0 Å². The Morgan fingerprint density at radius 3 is 2.46 bits per heavy atom. The fourth-order valence-corrected chi connectivity index (χ4v) is 9.33. The van der Waals surface area contributed by atoms with E-state index < -0.39 is 34.7 Å². The smallest absolute Gasteiger partial charge is 0.334 e. The number of aliphatic hydroxyl groups is 3. The Balaban J connectivity index is 1.44. The molecule has 0 aromatic rings. The van der Waals surface area contributed by atoms with Gasteiger partial charge in [-0.1, -0.05) is 31.1 Å². The number of hydrogen-bond acceptors (Lipinski definition) is 7. The average molecular weight is 517 g/mol. The van der Waals surface area contributed by atoms with Crippen molar-refractivity contribution >= 4 is 11.9 Å². The average Bonchev–Trinajstić information content (AvgIpc) is 3.18. The van der Waals surface area contributed by atoms with Crippen molar-refractivity contribution in [1.82, 2.24) is 0 Å². The fourth-order valence-electron chi connectivity index (χ4n) is 9.33. The zero-order valence-corrected chi connectivity index (χ0v) is 23.1. The number of esters is 2. The Morgan fingerprint density at radius 1 is 1.11 bits per heavy atom. The molecule has 3 fully saturated rings. The van der Waals surface area contributed by atoms with Crippen molar-refractivity contribution < 1.29 is 34.4 Å². The molecule has 206 valence electrons. The van der Waals surface area contributed by atoms with E-state index in [-0.39, 0.29) is 41.7 Å². The molecule has 0 amide bonds. The van der Waals surface area contributed by atoms with Gasteiger partial charge in [0.05, 0.1) is 12.2 Å². The normalized spacial score (nSPS) is 47.2. The highest BCUT2D eigenvalue weighted by molar-refractivity contribution is 5.89. The van der Waals surface area contributed by atoms with Crippen molar-refractivity contribution in [2.45, 2.75) is 117 Å². The summed E-state index contributed by atoms with van der Waals surface area (Å²) in [4.78, 5) is 24.0. The van der Waals surface area contributed by atoms with Crippen LogP contribution in [0.4, 0.5) is 0 Å². The number of ether oxygens (including phenoxy) is 2. The zero-order chi connectivity index (χ0) is 27.1. The molecule has 3 N–H and O–H groups in total. The first kappa shape index (κ1) is 26.9. The molecule has 0 bridgehead atoms. The Hall–Kier alpha value is -1.70. The van der Waals surface area contributed by atoms with Gasteiger partial charge in [0.15, 0.2) is 0 Å². The summed E-state index contributed by atoms with van der Waals surface area (Å²) in [7, 11) is 0. The molecule has 1 heterocycles. The highest BCUT2D eigenvalue weighted by Crippen LogP contribution is 2.68. The molecular formula is C30H44O7. The van der Waals surface area contributed by atoms with Gasteiger partial charge in [-0.2, -0.15) is 0 Å². The minimum absolute atomic E-state index is 0.109. The van der Waals surface area contributed by atoms with Crippen LogP contribution in [0.3, 0.4) is 0 Å². The first-order chi connectivity index (χ1) is 17.2. The van der Waals surface area contributed by atoms with E-state index in [2.05, 4.69) is 19.9 Å². The first-order valence-corrected chi connectivity index (χ1v) is 14.0. The van der Waals surface area contributed by atoms with Crippen LogP contribution in [0.25, 0.3) is 0 Å². The zero-order valence-electron chi connectivity index (χ0n) is 23.1. The number of allylic oxidation sites excluding steroid dienone is 1. The topological polar surface area (TPSA) is 113 Å². The Morgan fingerprint density at radius 2 is 1.81 bits per heavy atom. The molecular weight excluding hydrogens is 472 g/mol. The van der Waals surface area contributed by atoms with E-state index in [1.54, 1.807) is 13.8 Å². The highest BCUT2D eigenvalue weighted by atomic mass is 16.6. The summed E-state index contributed by atoms with van der Waals surface area (Å²) in [6, 6.07) is 0. The molecule has 5 aliphatic rings. The fraction of sp³-hybridized carbons (Fsp3) is 0.800. The summed E-state index contributed by atoms with van der Waals surface area (Å²) in [5.41, 5.74) is 0.437. The molecule has 0 saturated heterocycles. The maximum Gasteiger partial charge on any atom is 0.334 e. The Labute approximate surface area is 220 Å². The lowest BCUT2D eigenvalue weighted by atomic mass is 9.45.